The van der Waals surface area contributed by atoms with Crippen LogP contribution in [0.4, 0.5) is 0 Å². The lowest BCUT2D eigenvalue weighted by Crippen LogP contribution is -2.38. The molecule has 14 heavy (non-hydrogen) atoms. The van der Waals surface area contributed by atoms with E-state index in [0.717, 1.165) is 25.7 Å². The van der Waals surface area contributed by atoms with Crippen LogP contribution in [0.5, 0.6) is 0 Å². The van der Waals surface area contributed by atoms with Crippen molar-refractivity contribution in [2.75, 3.05) is 6.61 Å². The van der Waals surface area contributed by atoms with Gasteiger partial charge in [-0.15, -0.1) is 12.4 Å². The first-order chi connectivity index (χ1) is 6.08. The Balaban J connectivity index is 0.00000169. The second-order valence-corrected chi connectivity index (χ2v) is 4.12. The van der Waals surface area contributed by atoms with Gasteiger partial charge in [-0.05, 0) is 39.5 Å². The van der Waals surface area contributed by atoms with Crippen molar-refractivity contribution in [1.82, 2.24) is 0 Å². The molecule has 0 spiro atoms. The van der Waals surface area contributed by atoms with E-state index in [9.17, 15) is 4.79 Å². The van der Waals surface area contributed by atoms with E-state index in [2.05, 4.69) is 0 Å². The van der Waals surface area contributed by atoms with Crippen LogP contribution in [0, 0.1) is 5.41 Å². The van der Waals surface area contributed by atoms with E-state index < -0.39 is 0 Å². The van der Waals surface area contributed by atoms with Crippen molar-refractivity contribution in [3.8, 4) is 0 Å². The van der Waals surface area contributed by atoms with E-state index in [0.29, 0.717) is 6.61 Å². The van der Waals surface area contributed by atoms with Crippen LogP contribution in [0.2, 0.25) is 0 Å². The van der Waals surface area contributed by atoms with Crippen LogP contribution >= 0.6 is 12.4 Å². The highest BCUT2D eigenvalue weighted by Crippen LogP contribution is 2.36. The summed E-state index contributed by atoms with van der Waals surface area (Å²) in [4.78, 5) is 11.6. The van der Waals surface area contributed by atoms with Gasteiger partial charge in [-0.1, -0.05) is 0 Å². The molecule has 1 aliphatic carbocycles. The van der Waals surface area contributed by atoms with Crippen molar-refractivity contribution < 1.29 is 9.53 Å². The molecule has 1 rings (SSSR count). The zero-order chi connectivity index (χ0) is 9.90. The number of carbonyl (C=O) groups is 1. The summed E-state index contributed by atoms with van der Waals surface area (Å²) in [5, 5.41) is 0. The second-order valence-electron chi connectivity index (χ2n) is 4.12. The zero-order valence-corrected chi connectivity index (χ0v) is 9.73. The van der Waals surface area contributed by atoms with Crippen LogP contribution in [-0.4, -0.2) is 18.6 Å². The van der Waals surface area contributed by atoms with Crippen molar-refractivity contribution >= 4 is 18.4 Å². The summed E-state index contributed by atoms with van der Waals surface area (Å²) in [5.41, 5.74) is 5.51. The highest BCUT2D eigenvalue weighted by Gasteiger charge is 2.37. The van der Waals surface area contributed by atoms with Crippen LogP contribution in [-0.2, 0) is 9.53 Å². The molecule has 0 unspecified atom stereocenters. The quantitative estimate of drug-likeness (QED) is 0.725. The maximum absolute atomic E-state index is 11.6. The summed E-state index contributed by atoms with van der Waals surface area (Å²) in [6.07, 6.45) is 3.62. The number of nitrogens with two attached hydrogens (primary N) is 1. The molecule has 4 heteroatoms. The first kappa shape index (κ1) is 13.7. The molecular weight excluding hydrogens is 202 g/mol. The third-order valence-electron chi connectivity index (χ3n) is 2.90. The fraction of sp³-hybridized carbons (Fsp3) is 0.900. The molecule has 0 saturated heterocycles. The number of rotatable bonds is 2. The minimum atomic E-state index is -0.272. The smallest absolute Gasteiger partial charge is 0.311 e. The van der Waals surface area contributed by atoms with Crippen molar-refractivity contribution in [2.45, 2.75) is 45.6 Å². The highest BCUT2D eigenvalue weighted by molar-refractivity contribution is 5.85. The van der Waals surface area contributed by atoms with Gasteiger partial charge in [0.25, 0.3) is 0 Å². The van der Waals surface area contributed by atoms with Gasteiger partial charge in [0, 0.05) is 6.04 Å². The van der Waals surface area contributed by atoms with Gasteiger partial charge in [0.15, 0.2) is 0 Å². The van der Waals surface area contributed by atoms with E-state index in [1.54, 1.807) is 0 Å². The molecule has 3 nitrogen and oxygen atoms in total. The van der Waals surface area contributed by atoms with Gasteiger partial charge in [0.05, 0.1) is 12.0 Å². The number of esters is 1. The van der Waals surface area contributed by atoms with E-state index in [1.807, 2.05) is 13.8 Å². The normalized spacial score (nSPS) is 31.8. The minimum Gasteiger partial charge on any atom is -0.466 e. The molecule has 0 aliphatic heterocycles. The average molecular weight is 222 g/mol. The van der Waals surface area contributed by atoms with E-state index in [4.69, 9.17) is 10.5 Å². The number of hydrogen-bond donors (Lipinski definition) is 1. The molecular formula is C10H20ClNO2. The highest BCUT2D eigenvalue weighted by atomic mass is 35.5. The summed E-state index contributed by atoms with van der Waals surface area (Å²) >= 11 is 0. The molecule has 0 heterocycles. The standard InChI is InChI=1S/C10H19NO2.ClH/c1-3-13-9(12)10(2)6-4-8(11)5-7-10;/h8H,3-7,11H2,1-2H3;1H. The molecule has 1 fully saturated rings. The Morgan fingerprint density at radius 1 is 1.50 bits per heavy atom. The molecule has 0 bridgehead atoms. The van der Waals surface area contributed by atoms with Gasteiger partial charge in [-0.2, -0.15) is 0 Å². The number of ether oxygens (including phenoxy) is 1. The van der Waals surface area contributed by atoms with Crippen LogP contribution in [0.3, 0.4) is 0 Å². The lowest BCUT2D eigenvalue weighted by atomic mass is 9.74. The molecule has 84 valence electrons. The van der Waals surface area contributed by atoms with E-state index in [-0.39, 0.29) is 29.8 Å². The Kier molecular flexibility index (Phi) is 5.45. The molecule has 1 aliphatic rings. The largest absolute Gasteiger partial charge is 0.466 e. The minimum absolute atomic E-state index is 0. The van der Waals surface area contributed by atoms with Crippen molar-refractivity contribution in [1.29, 1.82) is 0 Å². The molecule has 0 aromatic rings. The van der Waals surface area contributed by atoms with Crippen molar-refractivity contribution in [2.24, 2.45) is 11.1 Å². The van der Waals surface area contributed by atoms with E-state index in [1.165, 1.54) is 0 Å². The summed E-state index contributed by atoms with van der Waals surface area (Å²) in [5.74, 6) is -0.0538. The lowest BCUT2D eigenvalue weighted by molar-refractivity contribution is -0.156. The molecule has 0 radical (unpaired) electrons. The second kappa shape index (κ2) is 5.56. The van der Waals surface area contributed by atoms with Crippen LogP contribution in [0.1, 0.15) is 39.5 Å². The Bertz CT molecular complexity index is 189. The van der Waals surface area contributed by atoms with Gasteiger partial charge in [-0.3, -0.25) is 4.79 Å². The van der Waals surface area contributed by atoms with Crippen LogP contribution in [0.25, 0.3) is 0 Å². The van der Waals surface area contributed by atoms with E-state index >= 15 is 0 Å². The van der Waals surface area contributed by atoms with Crippen LogP contribution in [0.15, 0.2) is 0 Å². The first-order valence-electron chi connectivity index (χ1n) is 5.01. The van der Waals surface area contributed by atoms with Gasteiger partial charge < -0.3 is 10.5 Å². The maximum atomic E-state index is 11.6. The molecule has 0 aromatic heterocycles. The molecule has 0 aromatic carbocycles. The molecule has 0 amide bonds. The number of carbonyl (C=O) groups excluding carboxylic acids is 1. The zero-order valence-electron chi connectivity index (χ0n) is 8.91. The van der Waals surface area contributed by atoms with Gasteiger partial charge >= 0.3 is 5.97 Å². The monoisotopic (exact) mass is 221 g/mol. The average Bonchev–Trinajstić information content (AvgIpc) is 2.11. The Morgan fingerprint density at radius 3 is 2.43 bits per heavy atom. The Morgan fingerprint density at radius 2 is 2.00 bits per heavy atom. The maximum Gasteiger partial charge on any atom is 0.311 e. The fourth-order valence-electron chi connectivity index (χ4n) is 1.79. The summed E-state index contributed by atoms with van der Waals surface area (Å²) in [7, 11) is 0. The summed E-state index contributed by atoms with van der Waals surface area (Å²) in [6, 6.07) is 0.280. The third kappa shape index (κ3) is 3.14. The summed E-state index contributed by atoms with van der Waals surface area (Å²) < 4.78 is 5.04. The van der Waals surface area contributed by atoms with Gasteiger partial charge in [0.1, 0.15) is 0 Å². The molecule has 1 saturated carbocycles. The van der Waals surface area contributed by atoms with Crippen molar-refractivity contribution in [3.05, 3.63) is 0 Å². The fourth-order valence-corrected chi connectivity index (χ4v) is 1.79. The SMILES string of the molecule is CCOC(=O)C1(C)CCC(N)CC1.Cl. The Hall–Kier alpha value is -0.280. The number of halogens is 1. The Labute approximate surface area is 91.8 Å². The van der Waals surface area contributed by atoms with Gasteiger partial charge in [-0.25, -0.2) is 0 Å². The van der Waals surface area contributed by atoms with Crippen molar-refractivity contribution in [3.63, 3.8) is 0 Å². The molecule has 2 N–H and O–H groups in total. The lowest BCUT2D eigenvalue weighted by Gasteiger charge is -2.33. The number of hydrogen-bond acceptors (Lipinski definition) is 3. The summed E-state index contributed by atoms with van der Waals surface area (Å²) in [6.45, 7) is 4.30. The van der Waals surface area contributed by atoms with Gasteiger partial charge in [0.2, 0.25) is 0 Å². The molecule has 0 atom stereocenters. The topological polar surface area (TPSA) is 52.3 Å². The predicted molar refractivity (Wildman–Crippen MR) is 58.4 cm³/mol. The van der Waals surface area contributed by atoms with Crippen LogP contribution < -0.4 is 5.73 Å². The third-order valence-corrected chi connectivity index (χ3v) is 2.90. The predicted octanol–water partition coefficient (Wildman–Crippen LogP) is 1.88. The first-order valence-corrected chi connectivity index (χ1v) is 5.01.